The number of rotatable bonds is 8. The van der Waals surface area contributed by atoms with E-state index in [0.29, 0.717) is 12.8 Å². The zero-order valence-electron chi connectivity index (χ0n) is 13.6. The fourth-order valence-electron chi connectivity index (χ4n) is 2.35. The first-order valence-electron chi connectivity index (χ1n) is 7.61. The fourth-order valence-corrected chi connectivity index (χ4v) is 2.35. The van der Waals surface area contributed by atoms with Gasteiger partial charge in [-0.2, -0.15) is 0 Å². The lowest BCUT2D eigenvalue weighted by Crippen LogP contribution is -2.46. The molecule has 0 radical (unpaired) electrons. The van der Waals surface area contributed by atoms with E-state index in [1.165, 1.54) is 0 Å². The fraction of sp³-hybridized carbons (Fsp3) is 0.529. The highest BCUT2D eigenvalue weighted by molar-refractivity contribution is 5.88. The molecular weight excluding hydrogens is 282 g/mol. The van der Waals surface area contributed by atoms with Crippen LogP contribution in [0.1, 0.15) is 45.1 Å². The van der Waals surface area contributed by atoms with Gasteiger partial charge >= 0.3 is 5.97 Å². The third kappa shape index (κ3) is 4.48. The average molecular weight is 307 g/mol. The SMILES string of the molecule is CCC(C(=O)N[C@H](C(=O)O)[C@@H](C)CC)c1ccc(OC)cc1. The molecule has 0 saturated carbocycles. The van der Waals surface area contributed by atoms with Crippen LogP contribution in [0.5, 0.6) is 5.75 Å². The first-order chi connectivity index (χ1) is 10.4. The van der Waals surface area contributed by atoms with Gasteiger partial charge in [0.25, 0.3) is 0 Å². The van der Waals surface area contributed by atoms with E-state index in [1.54, 1.807) is 19.2 Å². The van der Waals surface area contributed by atoms with Crippen LogP contribution in [0, 0.1) is 5.92 Å². The minimum absolute atomic E-state index is 0.116. The number of carboxylic acids is 1. The van der Waals surface area contributed by atoms with E-state index in [4.69, 9.17) is 4.74 Å². The summed E-state index contributed by atoms with van der Waals surface area (Å²) >= 11 is 0. The van der Waals surface area contributed by atoms with Crippen LogP contribution in [0.15, 0.2) is 24.3 Å². The van der Waals surface area contributed by atoms with Crippen molar-refractivity contribution in [1.29, 1.82) is 0 Å². The Morgan fingerprint density at radius 3 is 2.18 bits per heavy atom. The summed E-state index contributed by atoms with van der Waals surface area (Å²) in [6.45, 7) is 5.65. The quantitative estimate of drug-likeness (QED) is 0.774. The summed E-state index contributed by atoms with van der Waals surface area (Å²) < 4.78 is 5.11. The third-order valence-corrected chi connectivity index (χ3v) is 4.02. The summed E-state index contributed by atoms with van der Waals surface area (Å²) in [7, 11) is 1.59. The number of nitrogens with one attached hydrogen (secondary N) is 1. The molecule has 122 valence electrons. The monoisotopic (exact) mass is 307 g/mol. The molecule has 0 aliphatic rings. The average Bonchev–Trinajstić information content (AvgIpc) is 2.53. The van der Waals surface area contributed by atoms with Gasteiger partial charge in [0.2, 0.25) is 5.91 Å². The van der Waals surface area contributed by atoms with Gasteiger partial charge in [0.05, 0.1) is 13.0 Å². The first-order valence-corrected chi connectivity index (χ1v) is 7.61. The zero-order chi connectivity index (χ0) is 16.7. The molecule has 0 spiro atoms. The molecule has 5 nitrogen and oxygen atoms in total. The molecule has 22 heavy (non-hydrogen) atoms. The minimum atomic E-state index is -0.993. The van der Waals surface area contributed by atoms with Crippen molar-refractivity contribution in [2.45, 2.75) is 45.6 Å². The van der Waals surface area contributed by atoms with Gasteiger partial charge in [-0.05, 0) is 30.0 Å². The summed E-state index contributed by atoms with van der Waals surface area (Å²) in [6.07, 6.45) is 1.29. The number of carboxylic acid groups (broad SMARTS) is 1. The van der Waals surface area contributed by atoms with Crippen molar-refractivity contribution in [1.82, 2.24) is 5.32 Å². The Morgan fingerprint density at radius 1 is 1.18 bits per heavy atom. The summed E-state index contributed by atoms with van der Waals surface area (Å²) in [5.74, 6) is -0.999. The molecule has 0 saturated heterocycles. The van der Waals surface area contributed by atoms with Crippen LogP contribution in [0.25, 0.3) is 0 Å². The summed E-state index contributed by atoms with van der Waals surface area (Å²) in [5.41, 5.74) is 0.856. The molecule has 0 bridgehead atoms. The number of carbonyl (C=O) groups excluding carboxylic acids is 1. The molecule has 1 amide bonds. The largest absolute Gasteiger partial charge is 0.497 e. The molecule has 2 N–H and O–H groups in total. The van der Waals surface area contributed by atoms with Crippen molar-refractivity contribution in [2.75, 3.05) is 7.11 Å². The van der Waals surface area contributed by atoms with E-state index in [0.717, 1.165) is 11.3 Å². The number of aliphatic carboxylic acids is 1. The summed E-state index contributed by atoms with van der Waals surface area (Å²) in [6, 6.07) is 6.42. The molecule has 1 unspecified atom stereocenters. The lowest BCUT2D eigenvalue weighted by atomic mass is 9.93. The molecule has 1 rings (SSSR count). The summed E-state index contributed by atoms with van der Waals surface area (Å²) in [5, 5.41) is 12.0. The van der Waals surface area contributed by atoms with E-state index in [-0.39, 0.29) is 17.7 Å². The number of hydrogen-bond donors (Lipinski definition) is 2. The molecule has 0 fully saturated rings. The highest BCUT2D eigenvalue weighted by Gasteiger charge is 2.28. The van der Waals surface area contributed by atoms with Crippen molar-refractivity contribution in [3.63, 3.8) is 0 Å². The maximum Gasteiger partial charge on any atom is 0.326 e. The number of ether oxygens (including phenoxy) is 1. The molecule has 0 aliphatic heterocycles. The number of methoxy groups -OCH3 is 1. The van der Waals surface area contributed by atoms with Gasteiger partial charge in [-0.3, -0.25) is 4.79 Å². The van der Waals surface area contributed by atoms with Crippen molar-refractivity contribution in [3.8, 4) is 5.75 Å². The molecule has 3 atom stereocenters. The van der Waals surface area contributed by atoms with Gasteiger partial charge < -0.3 is 15.2 Å². The maximum atomic E-state index is 12.5. The highest BCUT2D eigenvalue weighted by atomic mass is 16.5. The Hall–Kier alpha value is -2.04. The highest BCUT2D eigenvalue weighted by Crippen LogP contribution is 2.23. The Bertz CT molecular complexity index is 498. The van der Waals surface area contributed by atoms with Gasteiger partial charge in [0, 0.05) is 0 Å². The van der Waals surface area contributed by atoms with Crippen LogP contribution in [0.3, 0.4) is 0 Å². The second-order valence-electron chi connectivity index (χ2n) is 5.44. The Balaban J connectivity index is 2.88. The predicted octanol–water partition coefficient (Wildman–Crippen LogP) is 2.80. The van der Waals surface area contributed by atoms with Crippen molar-refractivity contribution in [3.05, 3.63) is 29.8 Å². The summed E-state index contributed by atoms with van der Waals surface area (Å²) in [4.78, 5) is 23.8. The van der Waals surface area contributed by atoms with E-state index < -0.39 is 12.0 Å². The Kier molecular flexibility index (Phi) is 6.89. The molecule has 1 aromatic carbocycles. The smallest absolute Gasteiger partial charge is 0.326 e. The van der Waals surface area contributed by atoms with Gasteiger partial charge in [0.15, 0.2) is 0 Å². The van der Waals surface area contributed by atoms with Crippen LogP contribution >= 0.6 is 0 Å². The van der Waals surface area contributed by atoms with Crippen LogP contribution in [0.4, 0.5) is 0 Å². The normalized spacial score (nSPS) is 14.7. The maximum absolute atomic E-state index is 12.5. The van der Waals surface area contributed by atoms with Crippen molar-refractivity contribution < 1.29 is 19.4 Å². The van der Waals surface area contributed by atoms with Crippen LogP contribution in [-0.2, 0) is 9.59 Å². The molecule has 5 heteroatoms. The molecular formula is C17H25NO4. The van der Waals surface area contributed by atoms with E-state index in [1.807, 2.05) is 32.9 Å². The van der Waals surface area contributed by atoms with Gasteiger partial charge in [-0.1, -0.05) is 39.3 Å². The van der Waals surface area contributed by atoms with Crippen LogP contribution in [0.2, 0.25) is 0 Å². The second kappa shape index (κ2) is 8.41. The Morgan fingerprint density at radius 2 is 1.77 bits per heavy atom. The van der Waals surface area contributed by atoms with Gasteiger partial charge in [0.1, 0.15) is 11.8 Å². The third-order valence-electron chi connectivity index (χ3n) is 4.02. The number of benzene rings is 1. The number of amides is 1. The van der Waals surface area contributed by atoms with Crippen molar-refractivity contribution >= 4 is 11.9 Å². The lowest BCUT2D eigenvalue weighted by Gasteiger charge is -2.23. The minimum Gasteiger partial charge on any atom is -0.497 e. The van der Waals surface area contributed by atoms with Crippen LogP contribution < -0.4 is 10.1 Å². The lowest BCUT2D eigenvalue weighted by molar-refractivity contribution is -0.143. The topological polar surface area (TPSA) is 75.6 Å². The molecule has 0 aromatic heterocycles. The predicted molar refractivity (Wildman–Crippen MR) is 85.0 cm³/mol. The number of carbonyl (C=O) groups is 2. The van der Waals surface area contributed by atoms with Crippen LogP contribution in [-0.4, -0.2) is 30.1 Å². The molecule has 0 heterocycles. The van der Waals surface area contributed by atoms with E-state index in [2.05, 4.69) is 5.32 Å². The molecule has 0 aliphatic carbocycles. The number of hydrogen-bond acceptors (Lipinski definition) is 3. The molecule has 1 aromatic rings. The standard InChI is InChI=1S/C17H25NO4/c1-5-11(3)15(17(20)21)18-16(19)14(6-2)12-7-9-13(22-4)10-8-12/h7-11,14-15H,5-6H2,1-4H3,(H,18,19)(H,20,21)/t11-,14?,15-/m0/s1. The van der Waals surface area contributed by atoms with Gasteiger partial charge in [-0.15, -0.1) is 0 Å². The Labute approximate surface area is 131 Å². The van der Waals surface area contributed by atoms with Gasteiger partial charge in [-0.25, -0.2) is 4.79 Å². The zero-order valence-corrected chi connectivity index (χ0v) is 13.6. The van der Waals surface area contributed by atoms with E-state index in [9.17, 15) is 14.7 Å². The first kappa shape index (κ1) is 18.0. The second-order valence-corrected chi connectivity index (χ2v) is 5.44. The van der Waals surface area contributed by atoms with Crippen molar-refractivity contribution in [2.24, 2.45) is 5.92 Å². The van der Waals surface area contributed by atoms with E-state index >= 15 is 0 Å².